The van der Waals surface area contributed by atoms with Gasteiger partial charge in [0.2, 0.25) is 6.29 Å². The number of methoxy groups -OCH3 is 1. The summed E-state index contributed by atoms with van der Waals surface area (Å²) >= 11 is 0. The number of aliphatic hydroxyl groups is 1. The fraction of sp³-hybridized carbons (Fsp3) is 0.387. The van der Waals surface area contributed by atoms with Crippen molar-refractivity contribution in [1.29, 1.82) is 0 Å². The second-order valence-electron chi connectivity index (χ2n) is 11.2. The number of hydrogen-bond acceptors (Lipinski definition) is 11. The van der Waals surface area contributed by atoms with Crippen LogP contribution in [0.3, 0.4) is 0 Å². The number of ether oxygens (including phenoxy) is 4. The van der Waals surface area contributed by atoms with Gasteiger partial charge in [-0.15, -0.1) is 5.75 Å². The standard InChI is InChI=1S/C31H36N2O11.Na/c1-14(2)7-8-16-13-17(9-11-19(16)34)27(37)33-21-22(35)18-10-12-20(15(3)24(18)42-28(21)38)41-29-23(36)25(43-30(32)39)26(40-6)31(4,5)44-29;/h7,9-13,23,25-26,29,34-36H,8H2,1-6H3,(H2,32,39)(H,33,37);/q;+1/p-1/t23-,25-,26-,29-;/m0./s1. The van der Waals surface area contributed by atoms with E-state index in [0.717, 1.165) is 5.57 Å². The van der Waals surface area contributed by atoms with Crippen molar-refractivity contribution in [2.45, 2.75) is 71.2 Å². The van der Waals surface area contributed by atoms with Gasteiger partial charge < -0.3 is 49.7 Å². The first kappa shape index (κ1) is 35.9. The molecule has 2 amide bonds. The quantitative estimate of drug-likeness (QED) is 0.148. The average molecular weight is 635 g/mol. The summed E-state index contributed by atoms with van der Waals surface area (Å²) in [5.41, 5.74) is 4.31. The third-order valence-electron chi connectivity index (χ3n) is 7.31. The maximum absolute atomic E-state index is 13.0. The first-order valence-corrected chi connectivity index (χ1v) is 13.7. The Bertz CT molecular complexity index is 1680. The van der Waals surface area contributed by atoms with Crippen LogP contribution in [0.15, 0.2) is 51.2 Å². The molecule has 14 heteroatoms. The number of hydrogen-bond donors (Lipinski definition) is 4. The summed E-state index contributed by atoms with van der Waals surface area (Å²) < 4.78 is 27.8. The largest absolute Gasteiger partial charge is 1.00 e. The predicted molar refractivity (Wildman–Crippen MR) is 157 cm³/mol. The van der Waals surface area contributed by atoms with E-state index in [9.17, 15) is 29.7 Å². The van der Waals surface area contributed by atoms with Crippen LogP contribution in [-0.2, 0) is 20.6 Å². The van der Waals surface area contributed by atoms with Crippen LogP contribution in [0, 0.1) is 6.92 Å². The molecule has 4 rings (SSSR count). The summed E-state index contributed by atoms with van der Waals surface area (Å²) in [5, 5.41) is 36.6. The van der Waals surface area contributed by atoms with Crippen LogP contribution in [0.4, 0.5) is 10.5 Å². The van der Waals surface area contributed by atoms with Crippen molar-refractivity contribution in [2.24, 2.45) is 5.73 Å². The van der Waals surface area contributed by atoms with Gasteiger partial charge in [-0.25, -0.2) is 9.59 Å². The third-order valence-corrected chi connectivity index (χ3v) is 7.31. The van der Waals surface area contributed by atoms with Crippen LogP contribution in [0.1, 0.15) is 49.2 Å². The number of carbonyl (C=O) groups excluding carboxylic acids is 2. The zero-order valence-electron chi connectivity index (χ0n) is 26.1. The van der Waals surface area contributed by atoms with Crippen LogP contribution in [-0.4, -0.2) is 59.5 Å². The zero-order chi connectivity index (χ0) is 32.5. The van der Waals surface area contributed by atoms with Crippen molar-refractivity contribution in [3.05, 3.63) is 69.1 Å². The number of nitrogens with two attached hydrogens (primary N) is 1. The van der Waals surface area contributed by atoms with Gasteiger partial charge in [0.1, 0.15) is 17.4 Å². The van der Waals surface area contributed by atoms with E-state index in [1.807, 2.05) is 19.9 Å². The summed E-state index contributed by atoms with van der Waals surface area (Å²) in [6, 6.07) is 6.87. The molecule has 0 bridgehead atoms. The van der Waals surface area contributed by atoms with Crippen LogP contribution in [0.2, 0.25) is 0 Å². The molecule has 0 radical (unpaired) electrons. The Kier molecular flexibility index (Phi) is 11.3. The zero-order valence-corrected chi connectivity index (χ0v) is 28.1. The van der Waals surface area contributed by atoms with E-state index >= 15 is 0 Å². The number of aromatic hydroxyl groups is 1. The first-order valence-electron chi connectivity index (χ1n) is 13.7. The van der Waals surface area contributed by atoms with Crippen molar-refractivity contribution in [1.82, 2.24) is 0 Å². The molecule has 3 aromatic rings. The van der Waals surface area contributed by atoms with E-state index in [-0.39, 0.29) is 63.2 Å². The number of primary amides is 1. The minimum absolute atomic E-state index is 0. The van der Waals surface area contributed by atoms with Gasteiger partial charge in [-0.05, 0) is 59.2 Å². The SMILES string of the molecule is CO[C@H]1[C@@H](OC(N)=O)[C@H](O)[C@@H](Oc2ccc3c(O)c(NC(=O)c4ccc([O-])c(CC=C(C)C)c4)c(=O)oc3c2C)OC1(C)C.[Na+]. The number of aliphatic hydroxyl groups excluding tert-OH is 1. The number of rotatable bonds is 8. The summed E-state index contributed by atoms with van der Waals surface area (Å²) in [4.78, 5) is 37.5. The molecule has 1 aromatic heterocycles. The van der Waals surface area contributed by atoms with Gasteiger partial charge in [-0.1, -0.05) is 29.3 Å². The van der Waals surface area contributed by atoms with Crippen LogP contribution < -0.4 is 56.1 Å². The topological polar surface area (TPSA) is 203 Å². The number of nitrogens with one attached hydrogen (secondary N) is 1. The number of carbonyl (C=O) groups is 2. The summed E-state index contributed by atoms with van der Waals surface area (Å²) in [6.07, 6.45) is -3.93. The van der Waals surface area contributed by atoms with E-state index < -0.39 is 59.3 Å². The fourth-order valence-corrected chi connectivity index (χ4v) is 5.05. The molecule has 2 aromatic carbocycles. The molecular weight excluding hydrogens is 599 g/mol. The minimum Gasteiger partial charge on any atom is -0.872 e. The minimum atomic E-state index is -1.52. The van der Waals surface area contributed by atoms with Crippen LogP contribution in [0.5, 0.6) is 17.2 Å². The Morgan fingerprint density at radius 3 is 2.51 bits per heavy atom. The van der Waals surface area contributed by atoms with Gasteiger partial charge in [-0.3, -0.25) is 4.79 Å². The molecule has 236 valence electrons. The second-order valence-corrected chi connectivity index (χ2v) is 11.2. The molecule has 1 fully saturated rings. The van der Waals surface area contributed by atoms with E-state index in [2.05, 4.69) is 5.32 Å². The fourth-order valence-electron chi connectivity index (χ4n) is 5.05. The number of amides is 2. The second kappa shape index (κ2) is 14.2. The van der Waals surface area contributed by atoms with Gasteiger partial charge in [0.05, 0.1) is 11.0 Å². The van der Waals surface area contributed by atoms with Crippen molar-refractivity contribution in [3.63, 3.8) is 0 Å². The van der Waals surface area contributed by atoms with Gasteiger partial charge in [0.15, 0.2) is 23.6 Å². The molecule has 45 heavy (non-hydrogen) atoms. The maximum Gasteiger partial charge on any atom is 1.00 e. The molecule has 1 saturated heterocycles. The molecule has 4 atom stereocenters. The van der Waals surface area contributed by atoms with Crippen molar-refractivity contribution < 1.29 is 77.8 Å². The summed E-state index contributed by atoms with van der Waals surface area (Å²) in [6.45, 7) is 8.63. The van der Waals surface area contributed by atoms with E-state index in [0.29, 0.717) is 12.0 Å². The van der Waals surface area contributed by atoms with E-state index in [1.165, 1.54) is 37.4 Å². The molecule has 1 aliphatic rings. The summed E-state index contributed by atoms with van der Waals surface area (Å²) in [7, 11) is 1.37. The molecule has 0 saturated carbocycles. The molecule has 0 aliphatic carbocycles. The van der Waals surface area contributed by atoms with Gasteiger partial charge in [0.25, 0.3) is 5.91 Å². The van der Waals surface area contributed by atoms with Crippen LogP contribution in [0.25, 0.3) is 11.0 Å². The van der Waals surface area contributed by atoms with E-state index in [1.54, 1.807) is 20.8 Å². The molecular formula is C31H35N2NaO11. The van der Waals surface area contributed by atoms with Gasteiger partial charge in [0, 0.05) is 18.2 Å². The summed E-state index contributed by atoms with van der Waals surface area (Å²) in [5.74, 6) is -1.38. The number of anilines is 1. The molecule has 1 aliphatic heterocycles. The first-order chi connectivity index (χ1) is 20.6. The predicted octanol–water partition coefficient (Wildman–Crippen LogP) is -0.000880. The Morgan fingerprint density at radius 2 is 1.89 bits per heavy atom. The van der Waals surface area contributed by atoms with E-state index in [4.69, 9.17) is 29.1 Å². The third kappa shape index (κ3) is 7.63. The number of allylic oxidation sites excluding steroid dienone is 2. The van der Waals surface area contributed by atoms with Gasteiger partial charge >= 0.3 is 41.3 Å². The Hall–Kier alpha value is -3.59. The Morgan fingerprint density at radius 1 is 1.20 bits per heavy atom. The van der Waals surface area contributed by atoms with Crippen molar-refractivity contribution in [3.8, 4) is 17.2 Å². The molecule has 0 unspecified atom stereocenters. The number of fused-ring (bicyclic) bond motifs is 1. The number of aryl methyl sites for hydroxylation is 1. The molecule has 5 N–H and O–H groups in total. The maximum atomic E-state index is 13.0. The molecule has 0 spiro atoms. The monoisotopic (exact) mass is 634 g/mol. The van der Waals surface area contributed by atoms with Crippen molar-refractivity contribution >= 4 is 28.7 Å². The van der Waals surface area contributed by atoms with Crippen LogP contribution >= 0.6 is 0 Å². The normalized spacial score (nSPS) is 20.5. The smallest absolute Gasteiger partial charge is 0.872 e. The number of benzene rings is 2. The Balaban J connectivity index is 0.00000552. The average Bonchev–Trinajstić information content (AvgIpc) is 2.94. The van der Waals surface area contributed by atoms with Crippen molar-refractivity contribution in [2.75, 3.05) is 12.4 Å². The molecule has 2 heterocycles. The van der Waals surface area contributed by atoms with Gasteiger partial charge in [-0.2, -0.15) is 0 Å². The molecule has 13 nitrogen and oxygen atoms in total. The Labute approximate surface area is 281 Å².